The number of primary amides is 1. The lowest BCUT2D eigenvalue weighted by Crippen LogP contribution is -2.65. The third-order valence-corrected chi connectivity index (χ3v) is 9.08. The quantitative estimate of drug-likeness (QED) is 0.131. The van der Waals surface area contributed by atoms with Gasteiger partial charge in [-0.25, -0.2) is 0 Å². The van der Waals surface area contributed by atoms with Gasteiger partial charge in [-0.15, -0.1) is 0 Å². The summed E-state index contributed by atoms with van der Waals surface area (Å²) in [5, 5.41) is 0. The van der Waals surface area contributed by atoms with Crippen LogP contribution in [0.2, 0.25) is 0 Å². The van der Waals surface area contributed by atoms with Crippen LogP contribution in [-0.2, 0) is 37.0 Å². The predicted octanol–water partition coefficient (Wildman–Crippen LogP) is 6.59. The largest absolute Gasteiger partial charge is 0.469 e. The second kappa shape index (κ2) is 17.3. The van der Waals surface area contributed by atoms with Crippen molar-refractivity contribution in [2.75, 3.05) is 20.2 Å². The first-order valence-electron chi connectivity index (χ1n) is 17.3. The van der Waals surface area contributed by atoms with E-state index in [9.17, 15) is 19.2 Å². The Labute approximate surface area is 299 Å². The Morgan fingerprint density at radius 1 is 0.549 bits per heavy atom. The molecular weight excluding hydrogens is 646 g/mol. The van der Waals surface area contributed by atoms with Gasteiger partial charge in [-0.1, -0.05) is 74.5 Å². The van der Waals surface area contributed by atoms with Crippen LogP contribution in [0.1, 0.15) is 37.8 Å². The number of benzene rings is 4. The average molecular weight is 692 g/mol. The van der Waals surface area contributed by atoms with Crippen molar-refractivity contribution < 1.29 is 33.4 Å². The van der Waals surface area contributed by atoms with Crippen LogP contribution in [0.25, 0.3) is 0 Å². The maximum atomic E-state index is 14.4. The summed E-state index contributed by atoms with van der Waals surface area (Å²) in [7, 11) is 1.20. The van der Waals surface area contributed by atoms with Crippen LogP contribution >= 0.6 is 0 Å². The third kappa shape index (κ3) is 8.94. The number of amides is 3. The van der Waals surface area contributed by atoms with E-state index in [1.807, 2.05) is 123 Å². The Bertz CT molecular complexity index is 1760. The number of carbonyl (C=O) groups is 4. The van der Waals surface area contributed by atoms with E-state index >= 15 is 0 Å². The van der Waals surface area contributed by atoms with E-state index < -0.39 is 47.4 Å². The van der Waals surface area contributed by atoms with Gasteiger partial charge in [0.1, 0.15) is 23.0 Å². The van der Waals surface area contributed by atoms with Gasteiger partial charge in [0.15, 0.2) is 0 Å². The molecular formula is C41H45N3O7. The lowest BCUT2D eigenvalue weighted by atomic mass is 9.55. The molecule has 0 radical (unpaired) electrons. The highest BCUT2D eigenvalue weighted by molar-refractivity contribution is 6.01. The molecule has 2 N–H and O–H groups in total. The molecule has 1 aliphatic carbocycles. The average Bonchev–Trinajstić information content (AvgIpc) is 3.13. The summed E-state index contributed by atoms with van der Waals surface area (Å²) < 4.78 is 16.9. The fraction of sp³-hybridized carbons (Fsp3) is 0.317. The van der Waals surface area contributed by atoms with Crippen molar-refractivity contribution in [3.05, 3.63) is 120 Å². The number of nitrogens with zero attached hydrogens (tertiary/aromatic N) is 2. The molecule has 4 atom stereocenters. The fourth-order valence-corrected chi connectivity index (χ4v) is 6.66. The Hall–Kier alpha value is -5.64. The molecule has 4 aromatic rings. The minimum atomic E-state index is -1.18. The molecule has 1 fully saturated rings. The highest BCUT2D eigenvalue weighted by atomic mass is 16.5. The van der Waals surface area contributed by atoms with Gasteiger partial charge in [0.25, 0.3) is 0 Å². The Kier molecular flexibility index (Phi) is 12.5. The zero-order chi connectivity index (χ0) is 36.3. The van der Waals surface area contributed by atoms with Crippen molar-refractivity contribution in [1.29, 1.82) is 0 Å². The Morgan fingerprint density at radius 2 is 0.922 bits per heavy atom. The number of nitrogens with two attached hydrogens (primary N) is 1. The molecule has 10 heteroatoms. The predicted molar refractivity (Wildman–Crippen MR) is 193 cm³/mol. The van der Waals surface area contributed by atoms with Crippen molar-refractivity contribution in [1.82, 2.24) is 9.80 Å². The lowest BCUT2D eigenvalue weighted by molar-refractivity contribution is -0.183. The first-order valence-corrected chi connectivity index (χ1v) is 17.3. The van der Waals surface area contributed by atoms with E-state index in [2.05, 4.69) is 0 Å². The Balaban J connectivity index is 1.36. The van der Waals surface area contributed by atoms with Crippen LogP contribution in [0.4, 0.5) is 0 Å². The normalized spacial score (nSPS) is 17.8. The molecule has 5 rings (SSSR count). The van der Waals surface area contributed by atoms with Crippen LogP contribution < -0.4 is 15.2 Å². The summed E-state index contributed by atoms with van der Waals surface area (Å²) in [5.74, 6) is -4.24. The smallest absolute Gasteiger partial charge is 0.310 e. The number of rotatable bonds is 16. The lowest BCUT2D eigenvalue weighted by Gasteiger charge is -2.49. The molecule has 0 aliphatic heterocycles. The van der Waals surface area contributed by atoms with E-state index in [1.165, 1.54) is 7.11 Å². The maximum Gasteiger partial charge on any atom is 0.310 e. The van der Waals surface area contributed by atoms with Crippen LogP contribution in [0.3, 0.4) is 0 Å². The number of methoxy groups -OCH3 is 1. The van der Waals surface area contributed by atoms with Crippen LogP contribution in [-0.4, -0.2) is 53.7 Å². The number of ether oxygens (including phenoxy) is 3. The van der Waals surface area contributed by atoms with Crippen molar-refractivity contribution >= 4 is 23.7 Å². The van der Waals surface area contributed by atoms with Crippen molar-refractivity contribution in [3.63, 3.8) is 0 Å². The van der Waals surface area contributed by atoms with Crippen LogP contribution in [0.5, 0.6) is 23.0 Å². The van der Waals surface area contributed by atoms with E-state index in [-0.39, 0.29) is 13.1 Å². The summed E-state index contributed by atoms with van der Waals surface area (Å²) in [6.45, 7) is 5.12. The first-order chi connectivity index (χ1) is 24.7. The molecule has 10 nitrogen and oxygen atoms in total. The molecule has 0 spiro atoms. The van der Waals surface area contributed by atoms with Crippen molar-refractivity contribution in [2.45, 2.75) is 39.8 Å². The summed E-state index contributed by atoms with van der Waals surface area (Å²) >= 11 is 0. The van der Waals surface area contributed by atoms with Crippen molar-refractivity contribution in [2.24, 2.45) is 29.4 Å². The van der Waals surface area contributed by atoms with Gasteiger partial charge in [0, 0.05) is 26.2 Å². The summed E-state index contributed by atoms with van der Waals surface area (Å²) in [4.78, 5) is 58.1. The summed E-state index contributed by atoms with van der Waals surface area (Å²) in [6.07, 6.45) is 1.28. The van der Waals surface area contributed by atoms with E-state index in [1.54, 1.807) is 9.80 Å². The molecule has 3 amide bonds. The maximum absolute atomic E-state index is 14.4. The summed E-state index contributed by atoms with van der Waals surface area (Å²) in [5.41, 5.74) is 7.52. The molecule has 0 saturated heterocycles. The molecule has 51 heavy (non-hydrogen) atoms. The zero-order valence-electron chi connectivity index (χ0n) is 29.3. The van der Waals surface area contributed by atoms with E-state index in [4.69, 9.17) is 19.9 Å². The molecule has 0 heterocycles. The van der Waals surface area contributed by atoms with Gasteiger partial charge >= 0.3 is 5.97 Å². The van der Waals surface area contributed by atoms with Crippen molar-refractivity contribution in [3.8, 4) is 23.0 Å². The Morgan fingerprint density at radius 3 is 1.27 bits per heavy atom. The molecule has 1 aliphatic rings. The van der Waals surface area contributed by atoms with E-state index in [0.717, 1.165) is 11.1 Å². The SMILES string of the molecule is CCCN(Cc1ccc(Oc2ccccc2)cc1)C(=O)C1C(C(N)=O)C(C(=O)OC)C1C(=O)N(CCC)Cc1ccc(Oc2ccccc2)cc1. The van der Waals surface area contributed by atoms with Crippen LogP contribution in [0.15, 0.2) is 109 Å². The highest BCUT2D eigenvalue weighted by Crippen LogP contribution is 2.49. The van der Waals surface area contributed by atoms with Gasteiger partial charge < -0.3 is 29.7 Å². The molecule has 4 unspecified atom stereocenters. The highest BCUT2D eigenvalue weighted by Gasteiger charge is 2.64. The minimum Gasteiger partial charge on any atom is -0.469 e. The van der Waals surface area contributed by atoms with E-state index in [0.29, 0.717) is 48.9 Å². The number of para-hydroxylation sites is 2. The molecule has 0 aromatic heterocycles. The van der Waals surface area contributed by atoms with Gasteiger partial charge in [-0.05, 0) is 72.5 Å². The molecule has 266 valence electrons. The monoisotopic (exact) mass is 691 g/mol. The summed E-state index contributed by atoms with van der Waals surface area (Å²) in [6, 6.07) is 33.7. The zero-order valence-corrected chi connectivity index (χ0v) is 29.3. The fourth-order valence-electron chi connectivity index (χ4n) is 6.66. The van der Waals surface area contributed by atoms with Gasteiger partial charge in [0.2, 0.25) is 17.7 Å². The number of hydrogen-bond acceptors (Lipinski definition) is 7. The second-order valence-corrected chi connectivity index (χ2v) is 12.7. The van der Waals surface area contributed by atoms with Gasteiger partial charge in [-0.3, -0.25) is 19.2 Å². The second-order valence-electron chi connectivity index (χ2n) is 12.7. The first kappa shape index (κ1) is 36.6. The van der Waals surface area contributed by atoms with Gasteiger partial charge in [-0.2, -0.15) is 0 Å². The minimum absolute atomic E-state index is 0.236. The third-order valence-electron chi connectivity index (χ3n) is 9.08. The van der Waals surface area contributed by atoms with Crippen LogP contribution in [0, 0.1) is 23.7 Å². The number of hydrogen-bond donors (Lipinski definition) is 1. The molecule has 0 bridgehead atoms. The molecule has 4 aromatic carbocycles. The van der Waals surface area contributed by atoms with Gasteiger partial charge in [0.05, 0.1) is 30.8 Å². The topological polar surface area (TPSA) is 128 Å². The number of carbonyl (C=O) groups excluding carboxylic acids is 4. The number of esters is 1. The molecule has 1 saturated carbocycles. The standard InChI is InChI=1S/C41H45N3O7/c1-4-24-43(26-28-16-20-32(21-17-28)50-30-12-8-6-9-13-30)39(46)35-34(38(42)45)37(41(48)49-3)36(35)40(47)44(25-5-2)27-29-18-22-33(23-19-29)51-31-14-10-7-11-15-31/h6-23,34-37H,4-5,24-27H2,1-3H3,(H2,42,45).